The Hall–Kier alpha value is -0.350. The lowest BCUT2D eigenvalue weighted by Gasteiger charge is -2.16. The first-order valence-corrected chi connectivity index (χ1v) is 3.80. The molecule has 0 saturated carbocycles. The fourth-order valence-electron chi connectivity index (χ4n) is 0.700. The van der Waals surface area contributed by atoms with Crippen LogP contribution in [-0.4, -0.2) is 48.2 Å². The molecule has 1 N–H and O–H groups in total. The molecule has 0 bridgehead atoms. The van der Waals surface area contributed by atoms with E-state index in [1.54, 1.807) is 0 Å². The van der Waals surface area contributed by atoms with Gasteiger partial charge in [-0.15, -0.1) is 11.6 Å². The van der Waals surface area contributed by atoms with E-state index in [9.17, 15) is 9.18 Å². The fourth-order valence-corrected chi connectivity index (χ4v) is 0.939. The molecule has 0 aromatic rings. The van der Waals surface area contributed by atoms with Crippen molar-refractivity contribution < 1.29 is 14.3 Å². The van der Waals surface area contributed by atoms with Crippen molar-refractivity contribution in [3.05, 3.63) is 0 Å². The average Bonchev–Trinajstić information content (AvgIpc) is 1.87. The van der Waals surface area contributed by atoms with Crippen LogP contribution in [-0.2, 0) is 4.79 Å². The maximum Gasteiger partial charge on any atom is 0.317 e. The van der Waals surface area contributed by atoms with E-state index in [1.807, 2.05) is 0 Å². The Labute approximate surface area is 69.7 Å². The summed E-state index contributed by atoms with van der Waals surface area (Å²) in [6, 6.07) is 0. The predicted molar refractivity (Wildman–Crippen MR) is 40.8 cm³/mol. The summed E-state index contributed by atoms with van der Waals surface area (Å²) in [4.78, 5) is 11.6. The smallest absolute Gasteiger partial charge is 0.317 e. The van der Waals surface area contributed by atoms with Gasteiger partial charge in [-0.2, -0.15) is 0 Å². The number of alkyl halides is 2. The molecular formula is C6H11ClFNO2. The lowest BCUT2D eigenvalue weighted by Crippen LogP contribution is -2.33. The van der Waals surface area contributed by atoms with Gasteiger partial charge in [0.1, 0.15) is 6.67 Å². The largest absolute Gasteiger partial charge is 0.480 e. The quantitative estimate of drug-likeness (QED) is 0.613. The summed E-state index contributed by atoms with van der Waals surface area (Å²) in [5.41, 5.74) is 0. The Bertz CT molecular complexity index is 117. The van der Waals surface area contributed by atoms with Crippen LogP contribution >= 0.6 is 11.6 Å². The number of rotatable bonds is 6. The van der Waals surface area contributed by atoms with Gasteiger partial charge in [0.15, 0.2) is 0 Å². The highest BCUT2D eigenvalue weighted by Crippen LogP contribution is 1.89. The van der Waals surface area contributed by atoms with E-state index in [0.717, 1.165) is 0 Å². The van der Waals surface area contributed by atoms with Gasteiger partial charge in [-0.25, -0.2) is 4.39 Å². The van der Waals surface area contributed by atoms with E-state index >= 15 is 0 Å². The number of carbonyl (C=O) groups is 1. The third-order valence-corrected chi connectivity index (χ3v) is 1.33. The van der Waals surface area contributed by atoms with Gasteiger partial charge >= 0.3 is 5.97 Å². The molecule has 0 radical (unpaired) electrons. The molecule has 0 atom stereocenters. The number of nitrogens with zero attached hydrogens (tertiary/aromatic N) is 1. The highest BCUT2D eigenvalue weighted by atomic mass is 35.5. The molecule has 5 heteroatoms. The molecule has 0 rings (SSSR count). The molecule has 0 aliphatic rings. The zero-order valence-corrected chi connectivity index (χ0v) is 6.85. The third kappa shape index (κ3) is 6.06. The van der Waals surface area contributed by atoms with Gasteiger partial charge in [0, 0.05) is 19.0 Å². The Morgan fingerprint density at radius 3 is 2.55 bits per heavy atom. The second-order valence-corrected chi connectivity index (χ2v) is 2.43. The van der Waals surface area contributed by atoms with E-state index in [2.05, 4.69) is 0 Å². The minimum atomic E-state index is -0.955. The van der Waals surface area contributed by atoms with Crippen molar-refractivity contribution in [3.8, 4) is 0 Å². The van der Waals surface area contributed by atoms with Gasteiger partial charge in [0.2, 0.25) is 0 Å². The monoisotopic (exact) mass is 183 g/mol. The summed E-state index contributed by atoms with van der Waals surface area (Å²) in [5.74, 6) is -0.628. The fraction of sp³-hybridized carbons (Fsp3) is 0.833. The van der Waals surface area contributed by atoms with E-state index < -0.39 is 12.6 Å². The standard InChI is InChI=1S/C6H11ClFNO2/c7-1-3-9(4-2-8)5-6(10)11/h1-5H2,(H,10,11). The third-order valence-electron chi connectivity index (χ3n) is 1.16. The van der Waals surface area contributed by atoms with Crippen LogP contribution in [0.1, 0.15) is 0 Å². The topological polar surface area (TPSA) is 40.5 Å². The molecule has 0 aliphatic heterocycles. The maximum atomic E-state index is 11.7. The van der Waals surface area contributed by atoms with Crippen LogP contribution in [0.4, 0.5) is 4.39 Å². The molecule has 0 unspecified atom stereocenters. The van der Waals surface area contributed by atoms with Crippen LogP contribution in [0.5, 0.6) is 0 Å². The van der Waals surface area contributed by atoms with Crippen LogP contribution in [0.15, 0.2) is 0 Å². The normalized spacial score (nSPS) is 10.5. The summed E-state index contributed by atoms with van der Waals surface area (Å²) in [6.07, 6.45) is 0. The van der Waals surface area contributed by atoms with E-state index in [1.165, 1.54) is 4.90 Å². The van der Waals surface area contributed by atoms with Gasteiger partial charge in [0.25, 0.3) is 0 Å². The van der Waals surface area contributed by atoms with Gasteiger partial charge in [-0.05, 0) is 0 Å². The summed E-state index contributed by atoms with van der Waals surface area (Å²) in [6.45, 7) is -0.127. The molecule has 0 aromatic carbocycles. The SMILES string of the molecule is O=C(O)CN(CCF)CCCl. The van der Waals surface area contributed by atoms with Gasteiger partial charge in [-0.1, -0.05) is 0 Å². The van der Waals surface area contributed by atoms with E-state index in [0.29, 0.717) is 12.4 Å². The molecule has 0 aromatic heterocycles. The average molecular weight is 184 g/mol. The number of hydrogen-bond donors (Lipinski definition) is 1. The second-order valence-electron chi connectivity index (χ2n) is 2.05. The Balaban J connectivity index is 3.59. The molecule has 3 nitrogen and oxygen atoms in total. The Morgan fingerprint density at radius 2 is 2.18 bits per heavy atom. The minimum Gasteiger partial charge on any atom is -0.480 e. The molecule has 66 valence electrons. The number of hydrogen-bond acceptors (Lipinski definition) is 2. The molecule has 0 heterocycles. The number of aliphatic carboxylic acids is 1. The molecule has 0 saturated heterocycles. The molecule has 11 heavy (non-hydrogen) atoms. The minimum absolute atomic E-state index is 0.138. The highest BCUT2D eigenvalue weighted by Gasteiger charge is 2.07. The van der Waals surface area contributed by atoms with Gasteiger partial charge < -0.3 is 5.11 Å². The van der Waals surface area contributed by atoms with E-state index in [-0.39, 0.29) is 13.1 Å². The zero-order chi connectivity index (χ0) is 8.69. The molecule has 0 spiro atoms. The van der Waals surface area contributed by atoms with E-state index in [4.69, 9.17) is 16.7 Å². The van der Waals surface area contributed by atoms with Crippen molar-refractivity contribution in [2.24, 2.45) is 0 Å². The zero-order valence-electron chi connectivity index (χ0n) is 6.09. The number of carboxylic acid groups (broad SMARTS) is 1. The highest BCUT2D eigenvalue weighted by molar-refractivity contribution is 6.18. The first-order chi connectivity index (χ1) is 5.20. The lowest BCUT2D eigenvalue weighted by molar-refractivity contribution is -0.138. The van der Waals surface area contributed by atoms with Crippen molar-refractivity contribution in [2.45, 2.75) is 0 Å². The van der Waals surface area contributed by atoms with Crippen molar-refractivity contribution in [2.75, 3.05) is 32.2 Å². The summed E-state index contributed by atoms with van der Waals surface area (Å²) in [5, 5.41) is 8.33. The maximum absolute atomic E-state index is 11.7. The van der Waals surface area contributed by atoms with Crippen LogP contribution < -0.4 is 0 Å². The Kier molecular flexibility index (Phi) is 6.16. The van der Waals surface area contributed by atoms with Gasteiger partial charge in [0.05, 0.1) is 6.54 Å². The molecular weight excluding hydrogens is 173 g/mol. The van der Waals surface area contributed by atoms with Crippen LogP contribution in [0, 0.1) is 0 Å². The van der Waals surface area contributed by atoms with Crippen molar-refractivity contribution in [1.29, 1.82) is 0 Å². The summed E-state index contributed by atoms with van der Waals surface area (Å²) < 4.78 is 11.7. The van der Waals surface area contributed by atoms with Crippen LogP contribution in [0.25, 0.3) is 0 Å². The summed E-state index contributed by atoms with van der Waals surface area (Å²) >= 11 is 5.36. The number of carboxylic acids is 1. The molecule has 0 aliphatic carbocycles. The van der Waals surface area contributed by atoms with Gasteiger partial charge in [-0.3, -0.25) is 9.69 Å². The first kappa shape index (κ1) is 10.7. The van der Waals surface area contributed by atoms with Crippen molar-refractivity contribution >= 4 is 17.6 Å². The van der Waals surface area contributed by atoms with Crippen molar-refractivity contribution in [3.63, 3.8) is 0 Å². The predicted octanol–water partition coefficient (Wildman–Crippen LogP) is 0.581. The first-order valence-electron chi connectivity index (χ1n) is 3.26. The van der Waals surface area contributed by atoms with Crippen LogP contribution in [0.2, 0.25) is 0 Å². The number of halogens is 2. The lowest BCUT2D eigenvalue weighted by atomic mass is 10.5. The molecule has 0 amide bonds. The van der Waals surface area contributed by atoms with Crippen LogP contribution in [0.3, 0.4) is 0 Å². The summed E-state index contributed by atoms with van der Waals surface area (Å²) in [7, 11) is 0. The Morgan fingerprint density at radius 1 is 1.55 bits per heavy atom. The van der Waals surface area contributed by atoms with Crippen molar-refractivity contribution in [1.82, 2.24) is 4.90 Å². The molecule has 0 fully saturated rings. The second kappa shape index (κ2) is 6.37.